The van der Waals surface area contributed by atoms with Crippen molar-refractivity contribution in [3.05, 3.63) is 24.3 Å². The maximum absolute atomic E-state index is 13.1. The van der Waals surface area contributed by atoms with E-state index in [4.69, 9.17) is 0 Å². The number of anilines is 2. The Hall–Kier alpha value is -2.57. The first kappa shape index (κ1) is 23.6. The number of rotatable bonds is 9. The van der Waals surface area contributed by atoms with Crippen molar-refractivity contribution in [3.63, 3.8) is 0 Å². The van der Waals surface area contributed by atoms with Gasteiger partial charge in [-0.1, -0.05) is 25.8 Å². The Morgan fingerprint density at radius 3 is 2.39 bits per heavy atom. The summed E-state index contributed by atoms with van der Waals surface area (Å²) in [5.41, 5.74) is 1.90. The van der Waals surface area contributed by atoms with Crippen LogP contribution in [0.5, 0.6) is 0 Å². The summed E-state index contributed by atoms with van der Waals surface area (Å²) in [6, 6.07) is 7.44. The topological polar surface area (TPSA) is 81.8 Å². The monoisotopic (exact) mass is 454 g/mol. The number of hydrogen-bond donors (Lipinski definition) is 2. The lowest BCUT2D eigenvalue weighted by atomic mass is 9.95. The van der Waals surface area contributed by atoms with E-state index in [1.807, 2.05) is 23.1 Å². The number of nitrogens with zero attached hydrogens (tertiary/aromatic N) is 2. The van der Waals surface area contributed by atoms with Crippen molar-refractivity contribution in [3.8, 4) is 0 Å². The molecule has 1 aromatic carbocycles. The van der Waals surface area contributed by atoms with Crippen LogP contribution in [-0.4, -0.2) is 54.8 Å². The van der Waals surface area contributed by atoms with Crippen molar-refractivity contribution in [2.75, 3.05) is 36.4 Å². The van der Waals surface area contributed by atoms with Crippen molar-refractivity contribution in [2.24, 2.45) is 11.8 Å². The van der Waals surface area contributed by atoms with Gasteiger partial charge in [0.25, 0.3) is 0 Å². The Kier molecular flexibility index (Phi) is 7.89. The maximum atomic E-state index is 13.1. The molecule has 0 radical (unpaired) electrons. The van der Waals surface area contributed by atoms with Crippen molar-refractivity contribution in [2.45, 2.75) is 70.8 Å². The summed E-state index contributed by atoms with van der Waals surface area (Å²) in [7, 11) is 0. The second-order valence-corrected chi connectivity index (χ2v) is 9.81. The molecule has 3 aliphatic rings. The lowest BCUT2D eigenvalue weighted by Gasteiger charge is -2.32. The fourth-order valence-electron chi connectivity index (χ4n) is 4.90. The fraction of sp³-hybridized carbons (Fsp3) is 0.654. The van der Waals surface area contributed by atoms with E-state index in [2.05, 4.69) is 28.5 Å². The average Bonchev–Trinajstić information content (AvgIpc) is 3.54. The first-order valence-electron chi connectivity index (χ1n) is 12.8. The quantitative estimate of drug-likeness (QED) is 0.598. The molecule has 180 valence electrons. The molecule has 2 saturated heterocycles. The van der Waals surface area contributed by atoms with E-state index in [1.54, 1.807) is 0 Å². The van der Waals surface area contributed by atoms with Crippen molar-refractivity contribution in [1.29, 1.82) is 0 Å². The van der Waals surface area contributed by atoms with Gasteiger partial charge in [-0.05, 0) is 63.1 Å². The normalized spacial score (nSPS) is 19.9. The van der Waals surface area contributed by atoms with Gasteiger partial charge < -0.3 is 20.4 Å². The van der Waals surface area contributed by atoms with E-state index in [0.717, 1.165) is 50.1 Å². The second-order valence-electron chi connectivity index (χ2n) is 9.81. The molecule has 2 N–H and O–H groups in total. The highest BCUT2D eigenvalue weighted by molar-refractivity contribution is 5.97. The van der Waals surface area contributed by atoms with E-state index in [-0.39, 0.29) is 29.6 Å². The largest absolute Gasteiger partial charge is 0.371 e. The molecule has 2 aliphatic heterocycles. The predicted molar refractivity (Wildman–Crippen MR) is 130 cm³/mol. The molecular weight excluding hydrogens is 416 g/mol. The van der Waals surface area contributed by atoms with Gasteiger partial charge in [-0.15, -0.1) is 0 Å². The molecule has 2 heterocycles. The van der Waals surface area contributed by atoms with Gasteiger partial charge in [-0.2, -0.15) is 0 Å². The number of hydrogen-bond acceptors (Lipinski definition) is 4. The Balaban J connectivity index is 1.32. The third-order valence-electron chi connectivity index (χ3n) is 7.17. The van der Waals surface area contributed by atoms with Gasteiger partial charge in [0.2, 0.25) is 17.7 Å². The van der Waals surface area contributed by atoms with Gasteiger partial charge in [0.15, 0.2) is 0 Å². The molecule has 0 spiro atoms. The number of carbonyl (C=O) groups excluding carboxylic acids is 3. The van der Waals surface area contributed by atoms with Gasteiger partial charge in [-0.3, -0.25) is 14.4 Å². The highest BCUT2D eigenvalue weighted by atomic mass is 16.2. The smallest absolute Gasteiger partial charge is 0.246 e. The van der Waals surface area contributed by atoms with Crippen LogP contribution < -0.4 is 15.5 Å². The minimum Gasteiger partial charge on any atom is -0.371 e. The summed E-state index contributed by atoms with van der Waals surface area (Å²) in [6.07, 6.45) is 8.23. The lowest BCUT2D eigenvalue weighted by molar-refractivity contribution is -0.137. The number of nitrogens with one attached hydrogen (secondary N) is 2. The third kappa shape index (κ3) is 6.27. The molecule has 1 saturated carbocycles. The SMILES string of the molecule is CCCCC(NC(=O)C1CCN(C(=O)C2CC2)CC1)C(=O)Nc1cccc(N2CCCC2)c1. The average molecular weight is 455 g/mol. The van der Waals surface area contributed by atoms with E-state index in [1.165, 1.54) is 12.8 Å². The molecule has 1 aliphatic carbocycles. The summed E-state index contributed by atoms with van der Waals surface area (Å²) in [4.78, 5) is 42.6. The molecule has 0 bridgehead atoms. The lowest BCUT2D eigenvalue weighted by Crippen LogP contribution is -2.49. The van der Waals surface area contributed by atoms with Crippen molar-refractivity contribution < 1.29 is 14.4 Å². The molecule has 3 fully saturated rings. The van der Waals surface area contributed by atoms with E-state index >= 15 is 0 Å². The van der Waals surface area contributed by atoms with E-state index in [0.29, 0.717) is 32.4 Å². The predicted octanol–water partition coefficient (Wildman–Crippen LogP) is 3.55. The first-order valence-corrected chi connectivity index (χ1v) is 12.8. The number of unbranched alkanes of at least 4 members (excludes halogenated alkanes) is 1. The van der Waals surface area contributed by atoms with Crippen LogP contribution in [0.1, 0.15) is 64.7 Å². The highest BCUT2D eigenvalue weighted by Crippen LogP contribution is 2.32. The van der Waals surface area contributed by atoms with Gasteiger partial charge in [-0.25, -0.2) is 0 Å². The minimum atomic E-state index is -0.543. The Morgan fingerprint density at radius 1 is 1.00 bits per heavy atom. The molecule has 7 heteroatoms. The molecule has 4 rings (SSSR count). The molecule has 33 heavy (non-hydrogen) atoms. The van der Waals surface area contributed by atoms with E-state index in [9.17, 15) is 14.4 Å². The van der Waals surface area contributed by atoms with Gasteiger partial charge in [0.05, 0.1) is 0 Å². The minimum absolute atomic E-state index is 0.0596. The number of piperidine rings is 1. The molecule has 3 amide bonds. The summed E-state index contributed by atoms with van der Waals surface area (Å²) in [5, 5.41) is 6.06. The molecule has 1 aromatic rings. The number of likely N-dealkylation sites (tertiary alicyclic amines) is 1. The number of carbonyl (C=O) groups is 3. The molecule has 1 atom stereocenters. The zero-order chi connectivity index (χ0) is 23.2. The van der Waals surface area contributed by atoms with Crippen LogP contribution in [-0.2, 0) is 14.4 Å². The van der Waals surface area contributed by atoms with Crippen LogP contribution in [0.25, 0.3) is 0 Å². The van der Waals surface area contributed by atoms with Crippen molar-refractivity contribution in [1.82, 2.24) is 10.2 Å². The summed E-state index contributed by atoms with van der Waals surface area (Å²) in [6.45, 7) is 5.48. The zero-order valence-corrected chi connectivity index (χ0v) is 19.9. The van der Waals surface area contributed by atoms with Gasteiger partial charge >= 0.3 is 0 Å². The van der Waals surface area contributed by atoms with Crippen LogP contribution in [0.4, 0.5) is 11.4 Å². The Morgan fingerprint density at radius 2 is 1.73 bits per heavy atom. The standard InChI is InChI=1S/C26H38N4O3/c1-2-3-9-23(25(32)27-21-7-6-8-22(18-21)29-14-4-5-15-29)28-24(31)19-12-16-30(17-13-19)26(33)20-10-11-20/h6-8,18-20,23H,2-5,9-17H2,1H3,(H,27,32)(H,28,31). The van der Waals surface area contributed by atoms with Crippen LogP contribution in [0.15, 0.2) is 24.3 Å². The fourth-order valence-corrected chi connectivity index (χ4v) is 4.90. The Labute approximate surface area is 197 Å². The molecule has 1 unspecified atom stereocenters. The van der Waals surface area contributed by atoms with Crippen molar-refractivity contribution >= 4 is 29.1 Å². The Bertz CT molecular complexity index is 840. The maximum Gasteiger partial charge on any atom is 0.246 e. The number of amides is 3. The van der Waals surface area contributed by atoms with Crippen LogP contribution in [0.2, 0.25) is 0 Å². The van der Waals surface area contributed by atoms with Crippen LogP contribution in [0, 0.1) is 11.8 Å². The summed E-state index contributed by atoms with van der Waals surface area (Å²) < 4.78 is 0. The van der Waals surface area contributed by atoms with E-state index < -0.39 is 6.04 Å². The second kappa shape index (κ2) is 11.0. The van der Waals surface area contributed by atoms with Gasteiger partial charge in [0, 0.05) is 49.4 Å². The third-order valence-corrected chi connectivity index (χ3v) is 7.17. The molecular formula is C26H38N4O3. The summed E-state index contributed by atoms with van der Waals surface area (Å²) in [5.74, 6) is 0.127. The van der Waals surface area contributed by atoms with Gasteiger partial charge in [0.1, 0.15) is 6.04 Å². The summed E-state index contributed by atoms with van der Waals surface area (Å²) >= 11 is 0. The van der Waals surface area contributed by atoms with Crippen LogP contribution in [0.3, 0.4) is 0 Å². The van der Waals surface area contributed by atoms with Crippen LogP contribution >= 0.6 is 0 Å². The number of benzene rings is 1. The first-order chi connectivity index (χ1) is 16.0. The molecule has 7 nitrogen and oxygen atoms in total. The molecule has 0 aromatic heterocycles. The highest BCUT2D eigenvalue weighted by Gasteiger charge is 2.36. The zero-order valence-electron chi connectivity index (χ0n) is 19.9.